The zero-order valence-electron chi connectivity index (χ0n) is 21.3. The van der Waals surface area contributed by atoms with Crippen LogP contribution in [0.5, 0.6) is 0 Å². The van der Waals surface area contributed by atoms with Crippen molar-refractivity contribution in [3.05, 3.63) is 17.5 Å². The second kappa shape index (κ2) is 12.9. The number of amides is 2. The lowest BCUT2D eigenvalue weighted by Crippen LogP contribution is -2.50. The fourth-order valence-corrected chi connectivity index (χ4v) is 3.68. The molecule has 11 nitrogen and oxygen atoms in total. The van der Waals surface area contributed by atoms with E-state index in [0.29, 0.717) is 18.8 Å². The highest BCUT2D eigenvalue weighted by Gasteiger charge is 2.50. The summed E-state index contributed by atoms with van der Waals surface area (Å²) in [5, 5.41) is 9.12. The van der Waals surface area contributed by atoms with Crippen LogP contribution < -0.4 is 10.6 Å². The average Bonchev–Trinajstić information content (AvgIpc) is 3.40. The Bertz CT molecular complexity index is 893. The van der Waals surface area contributed by atoms with Gasteiger partial charge in [0.05, 0.1) is 31.2 Å². The molecule has 2 N–H and O–H groups in total. The van der Waals surface area contributed by atoms with Crippen molar-refractivity contribution in [1.29, 1.82) is 0 Å². The lowest BCUT2D eigenvalue weighted by molar-refractivity contribution is -0.135. The minimum atomic E-state index is -0.904. The molecule has 196 valence electrons. The maximum Gasteiger partial charge on any atom is 0.274 e. The first-order valence-electron chi connectivity index (χ1n) is 11.7. The third-order valence-corrected chi connectivity index (χ3v) is 5.79. The lowest BCUT2D eigenvalue weighted by Gasteiger charge is -2.25. The van der Waals surface area contributed by atoms with Gasteiger partial charge in [0, 0.05) is 33.3 Å². The van der Waals surface area contributed by atoms with Gasteiger partial charge in [-0.3, -0.25) is 19.2 Å². The Labute approximate surface area is 205 Å². The number of ether oxygens (including phenoxy) is 3. The molecular formula is C24H37N3O8. The SMILES string of the molecule is COCC[C@H](NC(=O)c1cc(C)on1)C(=O)C[C@@H](COC)C(=O)N[C@@H](CC(C)C)C(=O)[C@@]1(C)CO1. The molecule has 1 aliphatic rings. The summed E-state index contributed by atoms with van der Waals surface area (Å²) in [6.45, 7) is 7.78. The standard InChI is InChI=1S/C24H37N3O8/c1-14(2)9-18(21(29)24(4)13-34-24)26-22(30)16(12-33-6)11-20(28)17(7-8-32-5)25-23(31)19-10-15(3)35-27-19/h10,14,16-18H,7-9,11-13H2,1-6H3,(H,25,31)(H,26,30)/t16-,17-,18-,24+/m0/s1. The number of aryl methyl sites for hydroxylation is 1. The monoisotopic (exact) mass is 495 g/mol. The van der Waals surface area contributed by atoms with Crippen LogP contribution in [0.3, 0.4) is 0 Å². The molecule has 35 heavy (non-hydrogen) atoms. The van der Waals surface area contributed by atoms with Crippen molar-refractivity contribution in [2.45, 2.75) is 64.6 Å². The Hall–Kier alpha value is -2.63. The van der Waals surface area contributed by atoms with Crippen LogP contribution in [0, 0.1) is 18.8 Å². The normalized spacial score (nSPS) is 19.6. The van der Waals surface area contributed by atoms with Gasteiger partial charge in [0.2, 0.25) is 5.91 Å². The number of aromatic nitrogens is 1. The third-order valence-electron chi connectivity index (χ3n) is 5.79. The average molecular weight is 496 g/mol. The number of methoxy groups -OCH3 is 2. The summed E-state index contributed by atoms with van der Waals surface area (Å²) in [5.41, 5.74) is -0.830. The summed E-state index contributed by atoms with van der Waals surface area (Å²) in [7, 11) is 2.92. The van der Waals surface area contributed by atoms with E-state index in [1.54, 1.807) is 13.8 Å². The quantitative estimate of drug-likeness (QED) is 0.323. The van der Waals surface area contributed by atoms with Gasteiger partial charge in [-0.15, -0.1) is 0 Å². The Balaban J connectivity index is 2.10. The van der Waals surface area contributed by atoms with Crippen molar-refractivity contribution in [2.24, 2.45) is 11.8 Å². The van der Waals surface area contributed by atoms with Gasteiger partial charge in [-0.2, -0.15) is 0 Å². The molecule has 0 aliphatic carbocycles. The summed E-state index contributed by atoms with van der Waals surface area (Å²) in [6, 6.07) is -0.174. The zero-order valence-corrected chi connectivity index (χ0v) is 21.3. The van der Waals surface area contributed by atoms with Gasteiger partial charge in [-0.05, 0) is 32.6 Å². The fraction of sp³-hybridized carbons (Fsp3) is 0.708. The summed E-state index contributed by atoms with van der Waals surface area (Å²) in [5.74, 6) is -1.81. The van der Waals surface area contributed by atoms with Gasteiger partial charge in [-0.1, -0.05) is 19.0 Å². The minimum Gasteiger partial charge on any atom is -0.385 e. The van der Waals surface area contributed by atoms with Crippen LogP contribution in [0.2, 0.25) is 0 Å². The van der Waals surface area contributed by atoms with Gasteiger partial charge >= 0.3 is 0 Å². The topological polar surface area (TPSA) is 149 Å². The molecule has 1 saturated heterocycles. The molecule has 2 rings (SSSR count). The van der Waals surface area contributed by atoms with Crippen LogP contribution >= 0.6 is 0 Å². The van der Waals surface area contributed by atoms with E-state index in [1.165, 1.54) is 20.3 Å². The predicted octanol–water partition coefficient (Wildman–Crippen LogP) is 1.23. The van der Waals surface area contributed by atoms with Crippen LogP contribution in [0.25, 0.3) is 0 Å². The lowest BCUT2D eigenvalue weighted by atomic mass is 9.91. The maximum atomic E-state index is 13.1. The van der Waals surface area contributed by atoms with Crippen molar-refractivity contribution < 1.29 is 37.9 Å². The van der Waals surface area contributed by atoms with Crippen LogP contribution in [-0.2, 0) is 28.6 Å². The van der Waals surface area contributed by atoms with Crippen LogP contribution in [0.1, 0.15) is 56.3 Å². The molecule has 2 heterocycles. The number of ketones is 2. The molecule has 1 aromatic heterocycles. The van der Waals surface area contributed by atoms with E-state index in [9.17, 15) is 19.2 Å². The maximum absolute atomic E-state index is 13.1. The van der Waals surface area contributed by atoms with E-state index in [0.717, 1.165) is 0 Å². The Morgan fingerprint density at radius 2 is 1.83 bits per heavy atom. The van der Waals surface area contributed by atoms with Crippen LogP contribution in [0.15, 0.2) is 10.6 Å². The molecule has 0 bridgehead atoms. The molecule has 4 atom stereocenters. The number of nitrogens with one attached hydrogen (secondary N) is 2. The molecule has 2 amide bonds. The van der Waals surface area contributed by atoms with Gasteiger partial charge in [0.1, 0.15) is 11.4 Å². The zero-order chi connectivity index (χ0) is 26.2. The number of hydrogen-bond donors (Lipinski definition) is 2. The smallest absolute Gasteiger partial charge is 0.274 e. The number of carbonyl (C=O) groups excluding carboxylic acids is 4. The van der Waals surface area contributed by atoms with E-state index >= 15 is 0 Å². The van der Waals surface area contributed by atoms with Crippen molar-refractivity contribution >= 4 is 23.4 Å². The Morgan fingerprint density at radius 1 is 1.14 bits per heavy atom. The highest BCUT2D eigenvalue weighted by atomic mass is 16.6. The molecule has 11 heteroatoms. The summed E-state index contributed by atoms with van der Waals surface area (Å²) in [6.07, 6.45) is 0.465. The van der Waals surface area contributed by atoms with Crippen LogP contribution in [0.4, 0.5) is 0 Å². The van der Waals surface area contributed by atoms with Crippen molar-refractivity contribution in [3.63, 3.8) is 0 Å². The van der Waals surface area contributed by atoms with E-state index in [2.05, 4.69) is 15.8 Å². The molecule has 1 aliphatic heterocycles. The highest BCUT2D eigenvalue weighted by Crippen LogP contribution is 2.29. The summed E-state index contributed by atoms with van der Waals surface area (Å²) < 4.78 is 20.5. The van der Waals surface area contributed by atoms with Gasteiger partial charge in [0.15, 0.2) is 17.3 Å². The van der Waals surface area contributed by atoms with Crippen molar-refractivity contribution in [1.82, 2.24) is 15.8 Å². The first-order valence-corrected chi connectivity index (χ1v) is 11.7. The van der Waals surface area contributed by atoms with Gasteiger partial charge in [-0.25, -0.2) is 0 Å². The molecular weight excluding hydrogens is 458 g/mol. The molecule has 0 unspecified atom stereocenters. The summed E-state index contributed by atoms with van der Waals surface area (Å²) in [4.78, 5) is 51.7. The van der Waals surface area contributed by atoms with Crippen molar-refractivity contribution in [3.8, 4) is 0 Å². The van der Waals surface area contributed by atoms with E-state index in [1.807, 2.05) is 13.8 Å². The minimum absolute atomic E-state index is 0.0264. The molecule has 0 spiro atoms. The summed E-state index contributed by atoms with van der Waals surface area (Å²) >= 11 is 0. The second-order valence-electron chi connectivity index (χ2n) is 9.53. The van der Waals surface area contributed by atoms with E-state index < -0.39 is 35.4 Å². The second-order valence-corrected chi connectivity index (χ2v) is 9.53. The van der Waals surface area contributed by atoms with Gasteiger partial charge < -0.3 is 29.4 Å². The number of carbonyl (C=O) groups is 4. The number of rotatable bonds is 16. The molecule has 0 saturated carbocycles. The number of Topliss-reactive ketones (excluding diaryl/α,β-unsaturated/α-hetero) is 2. The van der Waals surface area contributed by atoms with E-state index in [-0.39, 0.29) is 49.2 Å². The molecule has 0 aromatic carbocycles. The van der Waals surface area contributed by atoms with Crippen LogP contribution in [-0.4, -0.2) is 80.3 Å². The first kappa shape index (κ1) is 28.6. The highest BCUT2D eigenvalue weighted by molar-refractivity contribution is 5.99. The van der Waals surface area contributed by atoms with Gasteiger partial charge in [0.25, 0.3) is 5.91 Å². The number of nitrogens with zero attached hydrogens (tertiary/aromatic N) is 1. The third kappa shape index (κ3) is 8.52. The first-order chi connectivity index (χ1) is 16.5. The fourth-order valence-electron chi connectivity index (χ4n) is 3.68. The van der Waals surface area contributed by atoms with Crippen molar-refractivity contribution in [2.75, 3.05) is 34.0 Å². The Morgan fingerprint density at radius 3 is 2.34 bits per heavy atom. The number of epoxide rings is 1. The molecule has 1 aromatic rings. The molecule has 0 radical (unpaired) electrons. The predicted molar refractivity (Wildman–Crippen MR) is 125 cm³/mol. The molecule has 1 fully saturated rings. The largest absolute Gasteiger partial charge is 0.385 e. The van der Waals surface area contributed by atoms with E-state index in [4.69, 9.17) is 18.7 Å². The number of hydrogen-bond acceptors (Lipinski definition) is 9. The Kier molecular flexibility index (Phi) is 10.5.